The van der Waals surface area contributed by atoms with Gasteiger partial charge in [-0.3, -0.25) is 4.79 Å². The van der Waals surface area contributed by atoms with Gasteiger partial charge in [0.1, 0.15) is 6.04 Å². The van der Waals surface area contributed by atoms with Crippen molar-refractivity contribution in [3.05, 3.63) is 57.8 Å². The molecular formula is C15H18N2OS. The Labute approximate surface area is 117 Å². The second-order valence-corrected chi connectivity index (χ2v) is 5.56. The van der Waals surface area contributed by atoms with Crippen LogP contribution in [0.25, 0.3) is 0 Å². The molecule has 19 heavy (non-hydrogen) atoms. The van der Waals surface area contributed by atoms with Crippen LogP contribution in [0.2, 0.25) is 0 Å². The molecule has 1 heterocycles. The Kier molecular flexibility index (Phi) is 4.35. The van der Waals surface area contributed by atoms with Crippen molar-refractivity contribution in [1.82, 2.24) is 5.32 Å². The van der Waals surface area contributed by atoms with E-state index in [1.54, 1.807) is 0 Å². The van der Waals surface area contributed by atoms with E-state index in [4.69, 9.17) is 5.73 Å². The van der Waals surface area contributed by atoms with Crippen LogP contribution in [0.4, 0.5) is 0 Å². The van der Waals surface area contributed by atoms with Crippen molar-refractivity contribution in [2.75, 3.05) is 0 Å². The van der Waals surface area contributed by atoms with Gasteiger partial charge in [0.2, 0.25) is 5.91 Å². The van der Waals surface area contributed by atoms with Gasteiger partial charge in [-0.2, -0.15) is 0 Å². The van der Waals surface area contributed by atoms with E-state index in [-0.39, 0.29) is 11.9 Å². The molecule has 1 aromatic carbocycles. The first-order valence-electron chi connectivity index (χ1n) is 6.24. The molecule has 3 nitrogen and oxygen atoms in total. The Hall–Kier alpha value is -1.65. The zero-order chi connectivity index (χ0) is 13.8. The second kappa shape index (κ2) is 5.99. The summed E-state index contributed by atoms with van der Waals surface area (Å²) in [5.74, 6) is -0.141. The summed E-state index contributed by atoms with van der Waals surface area (Å²) in [6.45, 7) is 4.01. The fraction of sp³-hybridized carbons (Fsp3) is 0.267. The molecular weight excluding hydrogens is 256 g/mol. The topological polar surface area (TPSA) is 55.1 Å². The van der Waals surface area contributed by atoms with Gasteiger partial charge in [0.25, 0.3) is 0 Å². The molecule has 2 aromatic rings. The molecule has 0 aliphatic heterocycles. The maximum atomic E-state index is 12.1. The lowest BCUT2D eigenvalue weighted by atomic mass is 10.0. The Morgan fingerprint density at radius 1 is 1.26 bits per heavy atom. The van der Waals surface area contributed by atoms with Crippen molar-refractivity contribution in [2.24, 2.45) is 5.73 Å². The van der Waals surface area contributed by atoms with Crippen LogP contribution >= 0.6 is 11.3 Å². The van der Waals surface area contributed by atoms with Gasteiger partial charge in [-0.1, -0.05) is 30.3 Å². The fourth-order valence-corrected chi connectivity index (χ4v) is 2.78. The minimum Gasteiger partial charge on any atom is -0.348 e. The van der Waals surface area contributed by atoms with Crippen LogP contribution in [0, 0.1) is 6.92 Å². The van der Waals surface area contributed by atoms with Crippen LogP contribution in [0.1, 0.15) is 35.0 Å². The number of rotatable bonds is 4. The SMILES string of the molecule is Cc1ccccc1[C@@H](C)NC(=O)C(N)c1cccs1. The van der Waals surface area contributed by atoms with Gasteiger partial charge in [0, 0.05) is 4.88 Å². The van der Waals surface area contributed by atoms with E-state index in [1.165, 1.54) is 16.9 Å². The van der Waals surface area contributed by atoms with Crippen molar-refractivity contribution in [3.8, 4) is 0 Å². The zero-order valence-electron chi connectivity index (χ0n) is 11.1. The molecule has 0 aliphatic rings. The molecule has 0 spiro atoms. The first-order valence-corrected chi connectivity index (χ1v) is 7.12. The lowest BCUT2D eigenvalue weighted by molar-refractivity contribution is -0.123. The molecule has 0 fully saturated rings. The third kappa shape index (κ3) is 3.22. The normalized spacial score (nSPS) is 13.8. The first kappa shape index (κ1) is 13.8. The van der Waals surface area contributed by atoms with Crippen LogP contribution in [0.15, 0.2) is 41.8 Å². The Bertz CT molecular complexity index is 551. The summed E-state index contributed by atoms with van der Waals surface area (Å²) in [7, 11) is 0. The number of nitrogens with two attached hydrogens (primary N) is 1. The predicted octanol–water partition coefficient (Wildman–Crippen LogP) is 2.93. The van der Waals surface area contributed by atoms with Crippen LogP contribution in [0.5, 0.6) is 0 Å². The molecule has 0 saturated heterocycles. The highest BCUT2D eigenvalue weighted by Crippen LogP contribution is 2.20. The van der Waals surface area contributed by atoms with E-state index in [1.807, 2.05) is 55.6 Å². The lowest BCUT2D eigenvalue weighted by Gasteiger charge is -2.18. The number of carbonyl (C=O) groups excluding carboxylic acids is 1. The number of amides is 1. The summed E-state index contributed by atoms with van der Waals surface area (Å²) < 4.78 is 0. The van der Waals surface area contributed by atoms with Crippen molar-refractivity contribution in [3.63, 3.8) is 0 Å². The summed E-state index contributed by atoms with van der Waals surface area (Å²) in [6, 6.07) is 11.2. The number of hydrogen-bond donors (Lipinski definition) is 2. The Balaban J connectivity index is 2.05. The third-order valence-electron chi connectivity index (χ3n) is 3.15. The summed E-state index contributed by atoms with van der Waals surface area (Å²) in [4.78, 5) is 13.0. The van der Waals surface area contributed by atoms with Gasteiger partial charge in [-0.25, -0.2) is 0 Å². The average Bonchev–Trinajstić information content (AvgIpc) is 2.92. The summed E-state index contributed by atoms with van der Waals surface area (Å²) >= 11 is 1.50. The lowest BCUT2D eigenvalue weighted by Crippen LogP contribution is -2.35. The highest BCUT2D eigenvalue weighted by Gasteiger charge is 2.19. The van der Waals surface area contributed by atoms with E-state index in [9.17, 15) is 4.79 Å². The number of carbonyl (C=O) groups is 1. The minimum absolute atomic E-state index is 0.0419. The van der Waals surface area contributed by atoms with Crippen molar-refractivity contribution >= 4 is 17.2 Å². The van der Waals surface area contributed by atoms with E-state index in [0.717, 1.165) is 10.4 Å². The number of benzene rings is 1. The highest BCUT2D eigenvalue weighted by molar-refractivity contribution is 7.10. The van der Waals surface area contributed by atoms with E-state index < -0.39 is 6.04 Å². The summed E-state index contributed by atoms with van der Waals surface area (Å²) in [6.07, 6.45) is 0. The monoisotopic (exact) mass is 274 g/mol. The third-order valence-corrected chi connectivity index (χ3v) is 4.10. The fourth-order valence-electron chi connectivity index (χ4n) is 2.05. The van der Waals surface area contributed by atoms with E-state index >= 15 is 0 Å². The predicted molar refractivity (Wildman–Crippen MR) is 79.0 cm³/mol. The maximum absolute atomic E-state index is 12.1. The molecule has 100 valence electrons. The zero-order valence-corrected chi connectivity index (χ0v) is 11.9. The molecule has 0 radical (unpaired) electrons. The molecule has 0 aliphatic carbocycles. The average molecular weight is 274 g/mol. The van der Waals surface area contributed by atoms with Gasteiger partial charge in [0.15, 0.2) is 0 Å². The minimum atomic E-state index is -0.591. The summed E-state index contributed by atoms with van der Waals surface area (Å²) in [5.41, 5.74) is 8.23. The van der Waals surface area contributed by atoms with Crippen LogP contribution in [-0.4, -0.2) is 5.91 Å². The van der Waals surface area contributed by atoms with Gasteiger partial charge >= 0.3 is 0 Å². The van der Waals surface area contributed by atoms with Gasteiger partial charge in [0.05, 0.1) is 6.04 Å². The van der Waals surface area contributed by atoms with Crippen molar-refractivity contribution in [1.29, 1.82) is 0 Å². The van der Waals surface area contributed by atoms with Crippen LogP contribution in [0.3, 0.4) is 0 Å². The molecule has 1 unspecified atom stereocenters. The Morgan fingerprint density at radius 2 is 2.00 bits per heavy atom. The maximum Gasteiger partial charge on any atom is 0.242 e. The molecule has 3 N–H and O–H groups in total. The van der Waals surface area contributed by atoms with E-state index in [2.05, 4.69) is 5.32 Å². The second-order valence-electron chi connectivity index (χ2n) is 4.58. The van der Waals surface area contributed by atoms with Crippen molar-refractivity contribution in [2.45, 2.75) is 25.9 Å². The highest BCUT2D eigenvalue weighted by atomic mass is 32.1. The standard InChI is InChI=1S/C15H18N2OS/c1-10-6-3-4-7-12(10)11(2)17-15(18)14(16)13-8-5-9-19-13/h3-9,11,14H,16H2,1-2H3,(H,17,18)/t11-,14?/m1/s1. The van der Waals surface area contributed by atoms with Gasteiger partial charge < -0.3 is 11.1 Å². The van der Waals surface area contributed by atoms with Gasteiger partial charge in [-0.05, 0) is 36.4 Å². The smallest absolute Gasteiger partial charge is 0.242 e. The number of hydrogen-bond acceptors (Lipinski definition) is 3. The molecule has 2 atom stereocenters. The van der Waals surface area contributed by atoms with Gasteiger partial charge in [-0.15, -0.1) is 11.3 Å². The number of aryl methyl sites for hydroxylation is 1. The molecule has 2 rings (SSSR count). The molecule has 0 bridgehead atoms. The first-order chi connectivity index (χ1) is 9.09. The molecule has 4 heteroatoms. The quantitative estimate of drug-likeness (QED) is 0.900. The van der Waals surface area contributed by atoms with Crippen LogP contribution < -0.4 is 11.1 Å². The number of thiophene rings is 1. The number of nitrogens with one attached hydrogen (secondary N) is 1. The molecule has 0 saturated carbocycles. The molecule has 1 amide bonds. The molecule has 1 aromatic heterocycles. The van der Waals surface area contributed by atoms with E-state index in [0.29, 0.717) is 0 Å². The largest absolute Gasteiger partial charge is 0.348 e. The van der Waals surface area contributed by atoms with Crippen LogP contribution in [-0.2, 0) is 4.79 Å². The van der Waals surface area contributed by atoms with Crippen molar-refractivity contribution < 1.29 is 4.79 Å². The Morgan fingerprint density at radius 3 is 2.63 bits per heavy atom. The summed E-state index contributed by atoms with van der Waals surface area (Å²) in [5, 5.41) is 4.89.